The van der Waals surface area contributed by atoms with E-state index in [1.807, 2.05) is 45.0 Å². The third-order valence-electron chi connectivity index (χ3n) is 4.57. The SMILES string of the molecule is CCN(CC)C(CNS(=O)(=O)c1cccc(C(=O)O)c1)c1ccc(C)cc1. The predicted molar refractivity (Wildman–Crippen MR) is 105 cm³/mol. The lowest BCUT2D eigenvalue weighted by molar-refractivity contribution is 0.0696. The van der Waals surface area contributed by atoms with E-state index in [1.165, 1.54) is 24.3 Å². The molecule has 0 aliphatic heterocycles. The number of hydrogen-bond donors (Lipinski definition) is 2. The van der Waals surface area contributed by atoms with Crippen LogP contribution in [0.1, 0.15) is 41.4 Å². The number of benzene rings is 2. The van der Waals surface area contributed by atoms with Crippen LogP contribution in [-0.4, -0.2) is 44.0 Å². The topological polar surface area (TPSA) is 86.7 Å². The maximum atomic E-state index is 12.7. The van der Waals surface area contributed by atoms with E-state index < -0.39 is 16.0 Å². The molecule has 0 saturated heterocycles. The number of carboxylic acid groups (broad SMARTS) is 1. The molecule has 2 N–H and O–H groups in total. The summed E-state index contributed by atoms with van der Waals surface area (Å²) < 4.78 is 28.0. The van der Waals surface area contributed by atoms with Gasteiger partial charge in [-0.2, -0.15) is 0 Å². The van der Waals surface area contributed by atoms with Crippen molar-refractivity contribution >= 4 is 16.0 Å². The lowest BCUT2D eigenvalue weighted by atomic mass is 10.0. The minimum atomic E-state index is -3.82. The summed E-state index contributed by atoms with van der Waals surface area (Å²) in [6.07, 6.45) is 0. The zero-order valence-corrected chi connectivity index (χ0v) is 16.7. The molecule has 0 heterocycles. The van der Waals surface area contributed by atoms with Crippen molar-refractivity contribution in [2.75, 3.05) is 19.6 Å². The van der Waals surface area contributed by atoms with Gasteiger partial charge in [-0.1, -0.05) is 49.7 Å². The van der Waals surface area contributed by atoms with E-state index in [1.54, 1.807) is 0 Å². The first-order valence-corrected chi connectivity index (χ1v) is 10.4. The van der Waals surface area contributed by atoms with Crippen LogP contribution >= 0.6 is 0 Å². The monoisotopic (exact) mass is 390 g/mol. The molecule has 0 amide bonds. The molecular weight excluding hydrogens is 364 g/mol. The number of nitrogens with one attached hydrogen (secondary N) is 1. The second kappa shape index (κ2) is 9.12. The highest BCUT2D eigenvalue weighted by Gasteiger charge is 2.22. The van der Waals surface area contributed by atoms with Crippen molar-refractivity contribution in [1.82, 2.24) is 9.62 Å². The largest absolute Gasteiger partial charge is 0.478 e. The minimum Gasteiger partial charge on any atom is -0.478 e. The fraction of sp³-hybridized carbons (Fsp3) is 0.350. The fourth-order valence-electron chi connectivity index (χ4n) is 2.98. The number of likely N-dealkylation sites (N-methyl/N-ethyl adjacent to an activating group) is 1. The van der Waals surface area contributed by atoms with Gasteiger partial charge in [-0.15, -0.1) is 0 Å². The zero-order chi connectivity index (χ0) is 20.0. The molecule has 27 heavy (non-hydrogen) atoms. The molecule has 2 aromatic rings. The number of nitrogens with zero attached hydrogens (tertiary/aromatic N) is 1. The predicted octanol–water partition coefficient (Wildman–Crippen LogP) is 3.05. The Morgan fingerprint density at radius 2 is 1.74 bits per heavy atom. The molecule has 0 bridgehead atoms. The molecular formula is C20H26N2O4S. The minimum absolute atomic E-state index is 0.0513. The summed E-state index contributed by atoms with van der Waals surface area (Å²) in [4.78, 5) is 13.2. The molecule has 7 heteroatoms. The maximum absolute atomic E-state index is 12.7. The summed E-state index contributed by atoms with van der Waals surface area (Å²) in [5.41, 5.74) is 2.12. The molecule has 2 rings (SSSR count). The van der Waals surface area contributed by atoms with Gasteiger partial charge in [0.2, 0.25) is 10.0 Å². The highest BCUT2D eigenvalue weighted by Crippen LogP contribution is 2.21. The number of sulfonamides is 1. The first kappa shape index (κ1) is 21.1. The van der Waals surface area contributed by atoms with Crippen LogP contribution < -0.4 is 4.72 Å². The average molecular weight is 391 g/mol. The quantitative estimate of drug-likeness (QED) is 0.687. The molecule has 2 aromatic carbocycles. The van der Waals surface area contributed by atoms with Crippen LogP contribution in [-0.2, 0) is 10.0 Å². The van der Waals surface area contributed by atoms with Crippen molar-refractivity contribution in [1.29, 1.82) is 0 Å². The first-order valence-electron chi connectivity index (χ1n) is 8.92. The number of hydrogen-bond acceptors (Lipinski definition) is 4. The summed E-state index contributed by atoms with van der Waals surface area (Å²) in [6.45, 7) is 7.85. The molecule has 0 aromatic heterocycles. The van der Waals surface area contributed by atoms with Gasteiger partial charge in [0.05, 0.1) is 10.5 Å². The van der Waals surface area contributed by atoms with E-state index in [2.05, 4.69) is 9.62 Å². The molecule has 1 unspecified atom stereocenters. The van der Waals surface area contributed by atoms with E-state index >= 15 is 0 Å². The number of rotatable bonds is 9. The van der Waals surface area contributed by atoms with Gasteiger partial charge in [-0.25, -0.2) is 17.9 Å². The second-order valence-corrected chi connectivity index (χ2v) is 8.10. The third-order valence-corrected chi connectivity index (χ3v) is 5.99. The van der Waals surface area contributed by atoms with E-state index in [0.29, 0.717) is 0 Å². The van der Waals surface area contributed by atoms with Crippen LogP contribution in [0, 0.1) is 6.92 Å². The zero-order valence-electron chi connectivity index (χ0n) is 15.8. The third kappa shape index (κ3) is 5.38. The Kier molecular flexibility index (Phi) is 7.12. The summed E-state index contributed by atoms with van der Waals surface area (Å²) in [5, 5.41) is 9.08. The van der Waals surface area contributed by atoms with Gasteiger partial charge in [-0.3, -0.25) is 4.90 Å². The summed E-state index contributed by atoms with van der Waals surface area (Å²) in [7, 11) is -3.82. The number of aryl methyl sites for hydroxylation is 1. The van der Waals surface area contributed by atoms with Crippen LogP contribution in [0.4, 0.5) is 0 Å². The second-order valence-electron chi connectivity index (χ2n) is 6.33. The van der Waals surface area contributed by atoms with Gasteiger partial charge in [0.1, 0.15) is 0 Å². The van der Waals surface area contributed by atoms with Crippen molar-refractivity contribution in [2.45, 2.75) is 31.7 Å². The lowest BCUT2D eigenvalue weighted by Gasteiger charge is -2.30. The first-order chi connectivity index (χ1) is 12.8. The number of aromatic carboxylic acids is 1. The Balaban J connectivity index is 2.26. The summed E-state index contributed by atoms with van der Waals surface area (Å²) >= 11 is 0. The van der Waals surface area contributed by atoms with Crippen molar-refractivity contribution in [3.8, 4) is 0 Å². The van der Waals surface area contributed by atoms with Crippen molar-refractivity contribution in [3.05, 3.63) is 65.2 Å². The summed E-state index contributed by atoms with van der Waals surface area (Å²) in [6, 6.07) is 13.3. The molecule has 0 fully saturated rings. The van der Waals surface area contributed by atoms with Crippen LogP contribution in [0.2, 0.25) is 0 Å². The average Bonchev–Trinajstić information content (AvgIpc) is 2.66. The van der Waals surface area contributed by atoms with Crippen LogP contribution in [0.25, 0.3) is 0 Å². The Hall–Kier alpha value is -2.22. The van der Waals surface area contributed by atoms with Gasteiger partial charge in [-0.05, 0) is 43.8 Å². The van der Waals surface area contributed by atoms with E-state index in [4.69, 9.17) is 5.11 Å². The van der Waals surface area contributed by atoms with Crippen molar-refractivity contribution < 1.29 is 18.3 Å². The smallest absolute Gasteiger partial charge is 0.335 e. The highest BCUT2D eigenvalue weighted by molar-refractivity contribution is 7.89. The molecule has 0 radical (unpaired) electrons. The lowest BCUT2D eigenvalue weighted by Crippen LogP contribution is -2.38. The number of carbonyl (C=O) groups is 1. The van der Waals surface area contributed by atoms with Crippen molar-refractivity contribution in [3.63, 3.8) is 0 Å². The molecule has 0 saturated carbocycles. The van der Waals surface area contributed by atoms with Gasteiger partial charge < -0.3 is 5.11 Å². The Morgan fingerprint density at radius 1 is 1.11 bits per heavy atom. The maximum Gasteiger partial charge on any atom is 0.335 e. The standard InChI is InChI=1S/C20H26N2O4S/c1-4-22(5-2)19(16-11-9-15(3)10-12-16)14-21-27(25,26)18-8-6-7-17(13-18)20(23)24/h6-13,19,21H,4-5,14H2,1-3H3,(H,23,24). The molecule has 6 nitrogen and oxygen atoms in total. The van der Waals surface area contributed by atoms with Crippen molar-refractivity contribution in [2.24, 2.45) is 0 Å². The Labute approximate surface area is 160 Å². The van der Waals surface area contributed by atoms with Gasteiger partial charge >= 0.3 is 5.97 Å². The molecule has 0 spiro atoms. The normalized spacial score (nSPS) is 12.9. The van der Waals surface area contributed by atoms with Gasteiger partial charge in [0.25, 0.3) is 0 Å². The molecule has 0 aliphatic rings. The van der Waals surface area contributed by atoms with Gasteiger partial charge in [0, 0.05) is 12.6 Å². The summed E-state index contributed by atoms with van der Waals surface area (Å²) in [5.74, 6) is -1.16. The molecule has 0 aliphatic carbocycles. The van der Waals surface area contributed by atoms with Crippen LogP contribution in [0.15, 0.2) is 53.4 Å². The van der Waals surface area contributed by atoms with E-state index in [-0.39, 0.29) is 23.0 Å². The molecule has 1 atom stereocenters. The van der Waals surface area contributed by atoms with E-state index in [9.17, 15) is 13.2 Å². The highest BCUT2D eigenvalue weighted by atomic mass is 32.2. The van der Waals surface area contributed by atoms with Crippen LogP contribution in [0.3, 0.4) is 0 Å². The Bertz CT molecular complexity index is 875. The van der Waals surface area contributed by atoms with E-state index in [0.717, 1.165) is 24.2 Å². The number of carboxylic acids is 1. The fourth-order valence-corrected chi connectivity index (χ4v) is 4.06. The molecule has 146 valence electrons. The Morgan fingerprint density at radius 3 is 2.30 bits per heavy atom. The van der Waals surface area contributed by atoms with Crippen LogP contribution in [0.5, 0.6) is 0 Å². The van der Waals surface area contributed by atoms with Gasteiger partial charge in [0.15, 0.2) is 0 Å².